The number of carboxylic acid groups (broad SMARTS) is 2. The van der Waals surface area contributed by atoms with E-state index in [1.54, 1.807) is 48.5 Å². The van der Waals surface area contributed by atoms with Crippen molar-refractivity contribution in [1.29, 1.82) is 0 Å². The zero-order valence-corrected chi connectivity index (χ0v) is 12.9. The first-order valence-corrected chi connectivity index (χ1v) is 6.05. The molecule has 0 atom stereocenters. The summed E-state index contributed by atoms with van der Waals surface area (Å²) < 4.78 is 0. The van der Waals surface area contributed by atoms with E-state index < -0.39 is 11.9 Å². The summed E-state index contributed by atoms with van der Waals surface area (Å²) in [5.41, 5.74) is 1.56. The first-order valence-electron chi connectivity index (χ1n) is 6.05. The molecule has 0 saturated heterocycles. The van der Waals surface area contributed by atoms with Crippen LogP contribution in [0.4, 0.5) is 0 Å². The first-order chi connectivity index (χ1) is 9.58. The molecule has 0 aliphatic rings. The maximum absolute atomic E-state index is 10.1. The van der Waals surface area contributed by atoms with E-state index in [1.807, 2.05) is 12.1 Å². The summed E-state index contributed by atoms with van der Waals surface area (Å²) in [5, 5.41) is 20.1. The van der Waals surface area contributed by atoms with E-state index >= 15 is 0 Å². The van der Waals surface area contributed by atoms with Crippen LogP contribution in [0.1, 0.15) is 11.1 Å². The van der Waals surface area contributed by atoms with Crippen molar-refractivity contribution in [1.82, 2.24) is 0 Å². The molecule has 21 heavy (non-hydrogen) atoms. The fraction of sp³-hybridized carbons (Fsp3) is 0.125. The maximum Gasteiger partial charge on any atom is 2.00 e. The van der Waals surface area contributed by atoms with Crippen LogP contribution in [-0.4, -0.2) is 35.0 Å². The Balaban J connectivity index is 0.000000364. The van der Waals surface area contributed by atoms with Gasteiger partial charge in [0.25, 0.3) is 0 Å². The number of carboxylic acids is 2. The van der Waals surface area contributed by atoms with Gasteiger partial charge in [-0.3, -0.25) is 0 Å². The van der Waals surface area contributed by atoms with Crippen molar-refractivity contribution in [2.24, 2.45) is 0 Å². The van der Waals surface area contributed by atoms with Crippen molar-refractivity contribution in [3.05, 3.63) is 71.8 Å². The minimum Gasteiger partial charge on any atom is -0.550 e. The molecule has 0 saturated carbocycles. The molecule has 0 unspecified atom stereocenters. The summed E-state index contributed by atoms with van der Waals surface area (Å²) in [6.45, 7) is 0. The molecule has 0 amide bonds. The molecule has 0 aromatic heterocycles. The minimum absolute atomic E-state index is 0. The number of hydrogen-bond acceptors (Lipinski definition) is 4. The van der Waals surface area contributed by atoms with Crippen LogP contribution in [0.2, 0.25) is 0 Å². The van der Waals surface area contributed by atoms with E-state index in [9.17, 15) is 19.8 Å². The van der Waals surface area contributed by atoms with Crippen LogP contribution in [-0.2, 0) is 22.4 Å². The number of carbonyl (C=O) groups excluding carboxylic acids is 2. The Hall–Kier alpha value is -1.85. The van der Waals surface area contributed by atoms with Gasteiger partial charge >= 0.3 is 23.1 Å². The molecule has 0 heterocycles. The van der Waals surface area contributed by atoms with Gasteiger partial charge in [0.05, 0.1) is 0 Å². The Kier molecular flexibility index (Phi) is 9.92. The number of carbonyl (C=O) groups is 2. The van der Waals surface area contributed by atoms with Crippen molar-refractivity contribution < 1.29 is 19.8 Å². The molecule has 0 aliphatic heterocycles. The third-order valence-corrected chi connectivity index (χ3v) is 2.38. The van der Waals surface area contributed by atoms with Gasteiger partial charge in [0.1, 0.15) is 0 Å². The first kappa shape index (κ1) is 19.1. The smallest absolute Gasteiger partial charge is 0.550 e. The quantitative estimate of drug-likeness (QED) is 0.717. The molecule has 0 radical (unpaired) electrons. The molecule has 0 N–H and O–H groups in total. The van der Waals surface area contributed by atoms with Crippen LogP contribution >= 0.6 is 0 Å². The zero-order valence-electron chi connectivity index (χ0n) is 11.5. The molecule has 0 bridgehead atoms. The van der Waals surface area contributed by atoms with Gasteiger partial charge in [0.15, 0.2) is 0 Å². The van der Waals surface area contributed by atoms with E-state index in [0.29, 0.717) is 0 Å². The number of benzene rings is 2. The van der Waals surface area contributed by atoms with Crippen molar-refractivity contribution in [3.63, 3.8) is 0 Å². The molecule has 0 fully saturated rings. The van der Waals surface area contributed by atoms with Crippen LogP contribution in [0.3, 0.4) is 0 Å². The summed E-state index contributed by atoms with van der Waals surface area (Å²) in [5.74, 6) is -2.07. The van der Waals surface area contributed by atoms with Gasteiger partial charge in [-0.25, -0.2) is 0 Å². The van der Waals surface area contributed by atoms with Gasteiger partial charge < -0.3 is 19.8 Å². The van der Waals surface area contributed by atoms with E-state index in [0.717, 1.165) is 11.1 Å². The summed E-state index contributed by atoms with van der Waals surface area (Å²) in [6.07, 6.45) is 0.00167. The Morgan fingerprint density at radius 1 is 0.667 bits per heavy atom. The Bertz CT molecular complexity index is 489. The monoisotopic (exact) mass is 294 g/mol. The van der Waals surface area contributed by atoms with E-state index in [4.69, 9.17) is 0 Å². The Morgan fingerprint density at radius 3 is 1.19 bits per heavy atom. The van der Waals surface area contributed by atoms with Crippen LogP contribution in [0.25, 0.3) is 0 Å². The molecule has 2 aromatic rings. The van der Waals surface area contributed by atoms with E-state index in [2.05, 4.69) is 0 Å². The molecule has 104 valence electrons. The summed E-state index contributed by atoms with van der Waals surface area (Å²) in [7, 11) is 0. The number of aliphatic carboxylic acids is 2. The third kappa shape index (κ3) is 9.65. The normalized spacial score (nSPS) is 8.76. The molecule has 0 spiro atoms. The van der Waals surface area contributed by atoms with Gasteiger partial charge in [0, 0.05) is 24.8 Å². The van der Waals surface area contributed by atoms with E-state index in [-0.39, 0.29) is 35.9 Å². The molecule has 2 rings (SSSR count). The van der Waals surface area contributed by atoms with Crippen molar-refractivity contribution in [2.75, 3.05) is 0 Å². The van der Waals surface area contributed by atoms with Gasteiger partial charge in [-0.1, -0.05) is 60.7 Å². The summed E-state index contributed by atoms with van der Waals surface area (Å²) in [4.78, 5) is 20.1. The van der Waals surface area contributed by atoms with Crippen molar-refractivity contribution in [2.45, 2.75) is 12.8 Å². The molecule has 5 heteroatoms. The number of hydrogen-bond donors (Lipinski definition) is 0. The van der Waals surface area contributed by atoms with Crippen molar-refractivity contribution in [3.8, 4) is 0 Å². The Morgan fingerprint density at radius 2 is 0.952 bits per heavy atom. The average Bonchev–Trinajstić information content (AvgIpc) is 2.40. The second kappa shape index (κ2) is 10.9. The predicted molar refractivity (Wildman–Crippen MR) is 76.1 cm³/mol. The van der Waals surface area contributed by atoms with Gasteiger partial charge in [-0.2, -0.15) is 0 Å². The van der Waals surface area contributed by atoms with Gasteiger partial charge in [0.2, 0.25) is 0 Å². The fourth-order valence-corrected chi connectivity index (χ4v) is 1.53. The van der Waals surface area contributed by atoms with Gasteiger partial charge in [-0.15, -0.1) is 0 Å². The predicted octanol–water partition coefficient (Wildman–Crippen LogP) is -0.423. The maximum atomic E-state index is 10.1. The third-order valence-electron chi connectivity index (χ3n) is 2.38. The van der Waals surface area contributed by atoms with Crippen LogP contribution in [0.5, 0.6) is 0 Å². The largest absolute Gasteiger partial charge is 2.00 e. The second-order valence-electron chi connectivity index (χ2n) is 4.07. The summed E-state index contributed by atoms with van der Waals surface area (Å²) >= 11 is 0. The van der Waals surface area contributed by atoms with Crippen LogP contribution in [0, 0.1) is 0 Å². The molecule has 0 aliphatic carbocycles. The van der Waals surface area contributed by atoms with E-state index in [1.165, 1.54) is 0 Å². The molecular weight excluding hydrogens is 280 g/mol. The molecule has 2 aromatic carbocycles. The standard InChI is InChI=1S/2C8H8O2.Mg/c2*9-8(10)6-7-4-2-1-3-5-7;/h2*1-5H,6H2,(H,9,10);/q;;+2/p-2. The van der Waals surface area contributed by atoms with Crippen LogP contribution < -0.4 is 10.2 Å². The van der Waals surface area contributed by atoms with Gasteiger partial charge in [-0.05, 0) is 11.1 Å². The summed E-state index contributed by atoms with van der Waals surface area (Å²) in [6, 6.07) is 17.9. The van der Waals surface area contributed by atoms with Crippen molar-refractivity contribution >= 4 is 35.0 Å². The second-order valence-corrected chi connectivity index (χ2v) is 4.07. The minimum atomic E-state index is -1.04. The Labute approximate surface area is 139 Å². The van der Waals surface area contributed by atoms with Crippen LogP contribution in [0.15, 0.2) is 60.7 Å². The SMILES string of the molecule is O=C([O-])Cc1ccccc1.O=C([O-])Cc1ccccc1.[Mg+2]. The zero-order chi connectivity index (χ0) is 14.8. The number of rotatable bonds is 4. The topological polar surface area (TPSA) is 80.3 Å². The molecule has 4 nitrogen and oxygen atoms in total. The average molecular weight is 295 g/mol. The fourth-order valence-electron chi connectivity index (χ4n) is 1.53. The molecular formula is C16H14MgO4.